The van der Waals surface area contributed by atoms with Gasteiger partial charge in [-0.25, -0.2) is 0 Å². The summed E-state index contributed by atoms with van der Waals surface area (Å²) in [5.74, 6) is 0. The van der Waals surface area contributed by atoms with Crippen LogP contribution in [0.2, 0.25) is 0 Å². The largest absolute Gasteiger partial charge is 0.411 e. The zero-order chi connectivity index (χ0) is 8.27. The summed E-state index contributed by atoms with van der Waals surface area (Å²) >= 11 is 0. The van der Waals surface area contributed by atoms with Gasteiger partial charge in [-0.05, 0) is 25.0 Å². The molecular formula is C9H11NO. The fourth-order valence-electron chi connectivity index (χ4n) is 1.03. The molecule has 0 bridgehead atoms. The molecule has 11 heavy (non-hydrogen) atoms. The molecular weight excluding hydrogens is 138 g/mol. The molecule has 0 radical (unpaired) electrons. The first-order valence-corrected chi connectivity index (χ1v) is 3.48. The number of rotatable bonds is 1. The van der Waals surface area contributed by atoms with Crippen molar-refractivity contribution in [2.24, 2.45) is 5.16 Å². The van der Waals surface area contributed by atoms with Crippen LogP contribution in [0, 0.1) is 13.8 Å². The summed E-state index contributed by atoms with van der Waals surface area (Å²) in [6.45, 7) is 4.02. The van der Waals surface area contributed by atoms with Gasteiger partial charge < -0.3 is 5.21 Å². The van der Waals surface area contributed by atoms with Gasteiger partial charge in [0.15, 0.2) is 0 Å². The average Bonchev–Trinajstić information content (AvgIpc) is 1.95. The van der Waals surface area contributed by atoms with Crippen molar-refractivity contribution in [1.29, 1.82) is 0 Å². The van der Waals surface area contributed by atoms with E-state index in [1.54, 1.807) is 0 Å². The van der Waals surface area contributed by atoms with Gasteiger partial charge in [-0.2, -0.15) is 0 Å². The van der Waals surface area contributed by atoms with E-state index in [2.05, 4.69) is 11.2 Å². The second-order valence-electron chi connectivity index (χ2n) is 2.60. The lowest BCUT2D eigenvalue weighted by molar-refractivity contribution is 0.322. The average molecular weight is 149 g/mol. The van der Waals surface area contributed by atoms with Crippen LogP contribution in [0.25, 0.3) is 0 Å². The highest BCUT2D eigenvalue weighted by atomic mass is 16.4. The number of hydrogen-bond acceptors (Lipinski definition) is 2. The quantitative estimate of drug-likeness (QED) is 0.370. The molecule has 2 heteroatoms. The molecule has 1 N–H and O–H groups in total. The van der Waals surface area contributed by atoms with Crippen molar-refractivity contribution in [1.82, 2.24) is 0 Å². The summed E-state index contributed by atoms with van der Waals surface area (Å²) < 4.78 is 0. The van der Waals surface area contributed by atoms with Crippen molar-refractivity contribution in [2.75, 3.05) is 0 Å². The summed E-state index contributed by atoms with van der Waals surface area (Å²) in [5.41, 5.74) is 3.30. The van der Waals surface area contributed by atoms with Crippen molar-refractivity contribution >= 4 is 6.21 Å². The Balaban J connectivity index is 3.09. The van der Waals surface area contributed by atoms with Crippen LogP contribution in [0.4, 0.5) is 0 Å². The minimum atomic E-state index is 0.957. The van der Waals surface area contributed by atoms with Gasteiger partial charge in [0.1, 0.15) is 0 Å². The van der Waals surface area contributed by atoms with Crippen LogP contribution < -0.4 is 0 Å². The first kappa shape index (κ1) is 7.79. The Bertz CT molecular complexity index is 279. The first-order valence-electron chi connectivity index (χ1n) is 3.48. The van der Waals surface area contributed by atoms with E-state index in [1.165, 1.54) is 11.8 Å². The molecule has 0 aromatic heterocycles. The molecule has 0 fully saturated rings. The van der Waals surface area contributed by atoms with Crippen LogP contribution in [0.5, 0.6) is 0 Å². The third-order valence-electron chi connectivity index (χ3n) is 1.62. The molecule has 0 aliphatic heterocycles. The van der Waals surface area contributed by atoms with Crippen LogP contribution in [0.15, 0.2) is 23.4 Å². The monoisotopic (exact) mass is 149 g/mol. The van der Waals surface area contributed by atoms with E-state index in [-0.39, 0.29) is 0 Å². The summed E-state index contributed by atoms with van der Waals surface area (Å²) in [6, 6.07) is 5.98. The van der Waals surface area contributed by atoms with Crippen LogP contribution in [0.3, 0.4) is 0 Å². The Morgan fingerprint density at radius 3 is 2.64 bits per heavy atom. The molecule has 0 aliphatic rings. The molecule has 0 saturated heterocycles. The molecule has 0 amide bonds. The first-order chi connectivity index (χ1) is 5.24. The Labute approximate surface area is 66.2 Å². The third-order valence-corrected chi connectivity index (χ3v) is 1.62. The van der Waals surface area contributed by atoms with Crippen molar-refractivity contribution < 1.29 is 5.21 Å². The van der Waals surface area contributed by atoms with E-state index in [1.807, 2.05) is 26.0 Å². The molecule has 0 unspecified atom stereocenters. The number of nitrogens with zero attached hydrogens (tertiary/aromatic N) is 1. The molecule has 0 spiro atoms. The van der Waals surface area contributed by atoms with Crippen molar-refractivity contribution in [3.05, 3.63) is 34.9 Å². The van der Waals surface area contributed by atoms with E-state index >= 15 is 0 Å². The van der Waals surface area contributed by atoms with Crippen LogP contribution in [-0.4, -0.2) is 11.4 Å². The Morgan fingerprint density at radius 1 is 1.36 bits per heavy atom. The smallest absolute Gasteiger partial charge is 0.0736 e. The van der Waals surface area contributed by atoms with Gasteiger partial charge in [-0.15, -0.1) is 0 Å². The predicted octanol–water partition coefficient (Wildman–Crippen LogP) is 2.11. The van der Waals surface area contributed by atoms with Gasteiger partial charge in [0, 0.05) is 0 Å². The normalized spacial score (nSPS) is 10.7. The fraction of sp³-hybridized carbons (Fsp3) is 0.222. The summed E-state index contributed by atoms with van der Waals surface area (Å²) in [7, 11) is 0. The molecule has 1 rings (SSSR count). The Kier molecular flexibility index (Phi) is 2.26. The molecule has 1 aromatic carbocycles. The maximum absolute atomic E-state index is 8.28. The van der Waals surface area contributed by atoms with Crippen molar-refractivity contribution in [3.63, 3.8) is 0 Å². The lowest BCUT2D eigenvalue weighted by Crippen LogP contribution is -1.87. The molecule has 58 valence electrons. The molecule has 0 atom stereocenters. The second-order valence-corrected chi connectivity index (χ2v) is 2.60. The summed E-state index contributed by atoms with van der Waals surface area (Å²) in [6.07, 6.45) is 1.44. The Hall–Kier alpha value is -1.31. The van der Waals surface area contributed by atoms with Gasteiger partial charge >= 0.3 is 0 Å². The van der Waals surface area contributed by atoms with E-state index in [9.17, 15) is 0 Å². The van der Waals surface area contributed by atoms with Crippen LogP contribution >= 0.6 is 0 Å². The highest BCUT2D eigenvalue weighted by Gasteiger charge is 1.93. The van der Waals surface area contributed by atoms with E-state index in [0.717, 1.165) is 11.1 Å². The van der Waals surface area contributed by atoms with Crippen molar-refractivity contribution in [3.8, 4) is 0 Å². The minimum absolute atomic E-state index is 0.957. The van der Waals surface area contributed by atoms with Gasteiger partial charge in [-0.3, -0.25) is 0 Å². The summed E-state index contributed by atoms with van der Waals surface area (Å²) in [4.78, 5) is 0. The SMILES string of the molecule is Cc1ccc(/C=N/O)c(C)c1. The minimum Gasteiger partial charge on any atom is -0.411 e. The van der Waals surface area contributed by atoms with Crippen LogP contribution in [-0.2, 0) is 0 Å². The summed E-state index contributed by atoms with van der Waals surface area (Å²) in [5, 5.41) is 11.3. The lowest BCUT2D eigenvalue weighted by atomic mass is 10.1. The van der Waals surface area contributed by atoms with Crippen LogP contribution in [0.1, 0.15) is 16.7 Å². The molecule has 2 nitrogen and oxygen atoms in total. The van der Waals surface area contributed by atoms with E-state index < -0.39 is 0 Å². The highest BCUT2D eigenvalue weighted by molar-refractivity contribution is 5.81. The second kappa shape index (κ2) is 3.19. The predicted molar refractivity (Wildman–Crippen MR) is 45.3 cm³/mol. The van der Waals surface area contributed by atoms with Gasteiger partial charge in [0.2, 0.25) is 0 Å². The topological polar surface area (TPSA) is 32.6 Å². The standard InChI is InChI=1S/C9H11NO/c1-7-3-4-9(6-10-11)8(2)5-7/h3-6,11H,1-2H3/b10-6+. The molecule has 1 aromatic rings. The third kappa shape index (κ3) is 1.80. The number of hydrogen-bond donors (Lipinski definition) is 1. The maximum atomic E-state index is 8.28. The molecule has 0 heterocycles. The Morgan fingerprint density at radius 2 is 2.09 bits per heavy atom. The zero-order valence-electron chi connectivity index (χ0n) is 6.70. The number of benzene rings is 1. The zero-order valence-corrected chi connectivity index (χ0v) is 6.70. The maximum Gasteiger partial charge on any atom is 0.0736 e. The van der Waals surface area contributed by atoms with E-state index in [0.29, 0.717) is 0 Å². The van der Waals surface area contributed by atoms with Gasteiger partial charge in [0.05, 0.1) is 6.21 Å². The molecule has 0 aliphatic carbocycles. The molecule has 0 saturated carbocycles. The lowest BCUT2D eigenvalue weighted by Gasteiger charge is -1.99. The fourth-order valence-corrected chi connectivity index (χ4v) is 1.03. The van der Waals surface area contributed by atoms with E-state index in [4.69, 9.17) is 5.21 Å². The highest BCUT2D eigenvalue weighted by Crippen LogP contribution is 2.07. The van der Waals surface area contributed by atoms with Crippen molar-refractivity contribution in [2.45, 2.75) is 13.8 Å². The number of aryl methyl sites for hydroxylation is 2. The van der Waals surface area contributed by atoms with Gasteiger partial charge in [-0.1, -0.05) is 28.9 Å². The number of oxime groups is 1. The van der Waals surface area contributed by atoms with Gasteiger partial charge in [0.25, 0.3) is 0 Å².